The lowest BCUT2D eigenvalue weighted by Gasteiger charge is -2.34. The zero-order valence-corrected chi connectivity index (χ0v) is 16.6. The minimum Gasteiger partial charge on any atom is -0.477 e. The monoisotopic (exact) mass is 422 g/mol. The average Bonchev–Trinajstić information content (AvgIpc) is 2.80. The third kappa shape index (κ3) is 4.55. The van der Waals surface area contributed by atoms with E-state index in [1.54, 1.807) is 24.3 Å². The first kappa shape index (κ1) is 20.5. The van der Waals surface area contributed by atoms with E-state index in [9.17, 15) is 18.4 Å². The minimum absolute atomic E-state index is 0.122. The smallest absolute Gasteiger partial charge is 0.262 e. The molecule has 2 amide bonds. The van der Waals surface area contributed by atoms with E-state index in [0.717, 1.165) is 23.8 Å². The zero-order valence-electron chi connectivity index (χ0n) is 16.6. The topological polar surface area (TPSA) is 58.6 Å². The van der Waals surface area contributed by atoms with Crippen LogP contribution in [-0.4, -0.2) is 31.0 Å². The average molecular weight is 422 g/mol. The predicted octanol–water partition coefficient (Wildman–Crippen LogP) is 3.73. The zero-order chi connectivity index (χ0) is 21.8. The molecule has 0 aromatic heterocycles. The Bertz CT molecular complexity index is 1100. The lowest BCUT2D eigenvalue weighted by Crippen LogP contribution is -2.51. The summed E-state index contributed by atoms with van der Waals surface area (Å²) in [6, 6.07) is 19.1. The van der Waals surface area contributed by atoms with Gasteiger partial charge in [0.05, 0.1) is 17.8 Å². The molecule has 1 N–H and O–H groups in total. The van der Waals surface area contributed by atoms with Crippen molar-refractivity contribution in [3.8, 4) is 5.75 Å². The summed E-state index contributed by atoms with van der Waals surface area (Å²) in [7, 11) is 0. The fourth-order valence-electron chi connectivity index (χ4n) is 3.46. The van der Waals surface area contributed by atoms with Crippen LogP contribution >= 0.6 is 0 Å². The Hall–Kier alpha value is -3.74. The van der Waals surface area contributed by atoms with Gasteiger partial charge in [-0.3, -0.25) is 9.59 Å². The van der Waals surface area contributed by atoms with Gasteiger partial charge in [0.15, 0.2) is 6.10 Å². The first-order valence-corrected chi connectivity index (χ1v) is 9.87. The Morgan fingerprint density at radius 3 is 2.55 bits per heavy atom. The van der Waals surface area contributed by atoms with Crippen molar-refractivity contribution >= 4 is 17.5 Å². The first-order chi connectivity index (χ1) is 15.0. The fraction of sp³-hybridized carbons (Fsp3) is 0.167. The van der Waals surface area contributed by atoms with Crippen LogP contribution in [-0.2, 0) is 11.2 Å². The molecular weight excluding hydrogens is 402 g/mol. The van der Waals surface area contributed by atoms with Crippen molar-refractivity contribution in [2.45, 2.75) is 12.5 Å². The van der Waals surface area contributed by atoms with E-state index in [1.807, 2.05) is 30.3 Å². The van der Waals surface area contributed by atoms with E-state index in [4.69, 9.17) is 4.74 Å². The van der Waals surface area contributed by atoms with Gasteiger partial charge in [0.2, 0.25) is 0 Å². The molecule has 1 aliphatic heterocycles. The number of carbonyl (C=O) groups excluding carboxylic acids is 2. The van der Waals surface area contributed by atoms with Gasteiger partial charge in [-0.1, -0.05) is 42.5 Å². The predicted molar refractivity (Wildman–Crippen MR) is 112 cm³/mol. The molecule has 0 saturated carbocycles. The molecule has 0 bridgehead atoms. The first-order valence-electron chi connectivity index (χ1n) is 9.87. The van der Waals surface area contributed by atoms with Crippen LogP contribution < -0.4 is 15.0 Å². The summed E-state index contributed by atoms with van der Waals surface area (Å²) in [4.78, 5) is 27.0. The van der Waals surface area contributed by atoms with Crippen LogP contribution in [0.4, 0.5) is 14.5 Å². The molecule has 1 heterocycles. The molecule has 0 aliphatic carbocycles. The Morgan fingerprint density at radius 2 is 1.74 bits per heavy atom. The number of nitrogens with zero attached hydrogens (tertiary/aromatic N) is 1. The van der Waals surface area contributed by atoms with Crippen LogP contribution in [0.2, 0.25) is 0 Å². The highest BCUT2D eigenvalue weighted by atomic mass is 19.1. The number of amides is 2. The maximum atomic E-state index is 14.2. The minimum atomic E-state index is -0.980. The summed E-state index contributed by atoms with van der Waals surface area (Å²) < 4.78 is 33.6. The maximum absolute atomic E-state index is 14.2. The molecule has 4 rings (SSSR count). The number of hydrogen-bond acceptors (Lipinski definition) is 3. The Labute approximate surface area is 178 Å². The number of nitrogens with one attached hydrogen (secondary N) is 1. The van der Waals surface area contributed by atoms with Gasteiger partial charge >= 0.3 is 0 Å². The van der Waals surface area contributed by atoms with E-state index in [0.29, 0.717) is 24.4 Å². The SMILES string of the molecule is O=C(NCCc1ccccc1)[C@@H]1CN(C(=O)c2cc(F)ccc2F)c2ccccc2O1. The highest BCUT2D eigenvalue weighted by molar-refractivity contribution is 6.08. The molecule has 3 aromatic carbocycles. The van der Waals surface area contributed by atoms with Gasteiger partial charge in [0, 0.05) is 6.54 Å². The molecule has 0 saturated heterocycles. The standard InChI is InChI=1S/C24H20F2N2O3/c25-17-10-11-19(26)18(14-17)24(30)28-15-22(31-21-9-5-4-8-20(21)28)23(29)27-13-12-16-6-2-1-3-7-16/h1-11,14,22H,12-13,15H2,(H,27,29)/t22-/m0/s1. The van der Waals surface area contributed by atoms with E-state index < -0.39 is 29.2 Å². The number of halogens is 2. The van der Waals surface area contributed by atoms with Crippen molar-refractivity contribution in [2.24, 2.45) is 0 Å². The van der Waals surface area contributed by atoms with E-state index in [2.05, 4.69) is 5.32 Å². The molecule has 158 valence electrons. The molecule has 0 spiro atoms. The van der Waals surface area contributed by atoms with Crippen LogP contribution in [0.15, 0.2) is 72.8 Å². The summed E-state index contributed by atoms with van der Waals surface area (Å²) in [6.07, 6.45) is -0.334. The summed E-state index contributed by atoms with van der Waals surface area (Å²) >= 11 is 0. The van der Waals surface area contributed by atoms with Crippen molar-refractivity contribution in [2.75, 3.05) is 18.0 Å². The van der Waals surface area contributed by atoms with Gasteiger partial charge in [0.25, 0.3) is 11.8 Å². The molecular formula is C24H20F2N2O3. The van der Waals surface area contributed by atoms with E-state index in [1.165, 1.54) is 4.90 Å². The van der Waals surface area contributed by atoms with Crippen LogP contribution in [0.25, 0.3) is 0 Å². The van der Waals surface area contributed by atoms with Gasteiger partial charge in [-0.05, 0) is 42.3 Å². The van der Waals surface area contributed by atoms with Crippen LogP contribution in [0.5, 0.6) is 5.75 Å². The third-order valence-corrected chi connectivity index (χ3v) is 5.03. The van der Waals surface area contributed by atoms with Gasteiger partial charge in [-0.15, -0.1) is 0 Å². The fourth-order valence-corrected chi connectivity index (χ4v) is 3.46. The quantitative estimate of drug-likeness (QED) is 0.682. The number of anilines is 1. The lowest BCUT2D eigenvalue weighted by atomic mass is 10.1. The number of benzene rings is 3. The Balaban J connectivity index is 1.52. The summed E-state index contributed by atoms with van der Waals surface area (Å²) in [5.74, 6) is -2.36. The molecule has 5 nitrogen and oxygen atoms in total. The lowest BCUT2D eigenvalue weighted by molar-refractivity contribution is -0.127. The molecule has 7 heteroatoms. The Morgan fingerprint density at radius 1 is 1.00 bits per heavy atom. The Kier molecular flexibility index (Phi) is 5.93. The van der Waals surface area contributed by atoms with Crippen LogP contribution in [0, 0.1) is 11.6 Å². The molecule has 31 heavy (non-hydrogen) atoms. The van der Waals surface area contributed by atoms with Crippen molar-refractivity contribution in [1.82, 2.24) is 5.32 Å². The normalized spacial score (nSPS) is 15.0. The van der Waals surface area contributed by atoms with E-state index >= 15 is 0 Å². The van der Waals surface area contributed by atoms with Crippen molar-refractivity contribution < 1.29 is 23.1 Å². The molecule has 0 radical (unpaired) electrons. The second-order valence-electron chi connectivity index (χ2n) is 7.14. The summed E-state index contributed by atoms with van der Waals surface area (Å²) in [5, 5.41) is 2.82. The van der Waals surface area contributed by atoms with Gasteiger partial charge in [-0.2, -0.15) is 0 Å². The number of hydrogen-bond donors (Lipinski definition) is 1. The highest BCUT2D eigenvalue weighted by Gasteiger charge is 2.35. The summed E-state index contributed by atoms with van der Waals surface area (Å²) in [5.41, 5.74) is 1.07. The van der Waals surface area contributed by atoms with Crippen molar-refractivity contribution in [1.29, 1.82) is 0 Å². The van der Waals surface area contributed by atoms with Crippen molar-refractivity contribution in [3.63, 3.8) is 0 Å². The maximum Gasteiger partial charge on any atom is 0.262 e. The highest BCUT2D eigenvalue weighted by Crippen LogP contribution is 2.34. The van der Waals surface area contributed by atoms with Gasteiger partial charge in [-0.25, -0.2) is 8.78 Å². The summed E-state index contributed by atoms with van der Waals surface area (Å²) in [6.45, 7) is 0.278. The number of ether oxygens (including phenoxy) is 1. The van der Waals surface area contributed by atoms with Crippen molar-refractivity contribution in [3.05, 3.63) is 95.6 Å². The number of carbonyl (C=O) groups is 2. The molecule has 0 fully saturated rings. The number of fused-ring (bicyclic) bond motifs is 1. The van der Waals surface area contributed by atoms with Crippen LogP contribution in [0.1, 0.15) is 15.9 Å². The van der Waals surface area contributed by atoms with Gasteiger partial charge in [0.1, 0.15) is 17.4 Å². The van der Waals surface area contributed by atoms with E-state index in [-0.39, 0.29) is 12.5 Å². The molecule has 0 unspecified atom stereocenters. The number of para-hydroxylation sites is 2. The molecule has 1 atom stereocenters. The number of rotatable bonds is 5. The largest absolute Gasteiger partial charge is 0.477 e. The molecule has 1 aliphatic rings. The van der Waals surface area contributed by atoms with Gasteiger partial charge < -0.3 is 15.0 Å². The third-order valence-electron chi connectivity index (χ3n) is 5.03. The van der Waals surface area contributed by atoms with Crippen LogP contribution in [0.3, 0.4) is 0 Å². The second kappa shape index (κ2) is 8.95. The molecule has 3 aromatic rings. The second-order valence-corrected chi connectivity index (χ2v) is 7.14.